The summed E-state index contributed by atoms with van der Waals surface area (Å²) in [6.07, 6.45) is -6.31. The summed E-state index contributed by atoms with van der Waals surface area (Å²) < 4.78 is 41.9. The van der Waals surface area contributed by atoms with Gasteiger partial charge in [0, 0.05) is 32.7 Å². The molecule has 0 rings (SSSR count). The molecule has 234 valence electrons. The maximum Gasteiger partial charge on any atom is 0.430 e. The number of aliphatic carboxylic acids is 1. The van der Waals surface area contributed by atoms with Gasteiger partial charge in [0.05, 0.1) is 13.6 Å². The van der Waals surface area contributed by atoms with Crippen LogP contribution in [-0.4, -0.2) is 111 Å². The second-order valence-electron chi connectivity index (χ2n) is 10.8. The van der Waals surface area contributed by atoms with Gasteiger partial charge in [-0.25, -0.2) is 9.59 Å². The van der Waals surface area contributed by atoms with Crippen molar-refractivity contribution in [3.8, 4) is 0 Å². The zero-order valence-corrected chi connectivity index (χ0v) is 24.1. The number of amides is 4. The van der Waals surface area contributed by atoms with Crippen LogP contribution >= 0.6 is 0 Å². The average molecular weight is 589 g/mol. The van der Waals surface area contributed by atoms with Crippen molar-refractivity contribution in [2.45, 2.75) is 58.9 Å². The number of carbonyl (C=O) groups excluding carboxylic acids is 5. The van der Waals surface area contributed by atoms with E-state index in [0.29, 0.717) is 13.1 Å². The molecule has 17 heteroatoms. The van der Waals surface area contributed by atoms with Crippen LogP contribution in [0.1, 0.15) is 41.5 Å². The molecule has 0 aliphatic carbocycles. The first-order valence-corrected chi connectivity index (χ1v) is 12.3. The van der Waals surface area contributed by atoms with E-state index in [1.165, 1.54) is 0 Å². The summed E-state index contributed by atoms with van der Waals surface area (Å²) in [6.45, 7) is 12.3. The van der Waals surface area contributed by atoms with Crippen LogP contribution in [-0.2, 0) is 23.9 Å². The van der Waals surface area contributed by atoms with E-state index in [-0.39, 0.29) is 55.6 Å². The zero-order chi connectivity index (χ0) is 31.8. The van der Waals surface area contributed by atoms with Gasteiger partial charge < -0.3 is 50.9 Å². The number of halogens is 3. The van der Waals surface area contributed by atoms with Gasteiger partial charge in [-0.15, -0.1) is 0 Å². The standard InChI is InChI=1S/C21H42N6O6.C2HF3O2/c1-20(2,3)32-18(30)25-11-9-23-16(28)14-27(7,13-8-22)15-17(29)24-10-12-26-19(31)33-21(4,5)6;3-2(4,5)1(6)7/h8-15,22H2,1-7H3,(H3-,23,24,25,26,28,29,30,31);(H,6,7). The zero-order valence-electron chi connectivity index (χ0n) is 24.1. The molecule has 40 heavy (non-hydrogen) atoms. The summed E-state index contributed by atoms with van der Waals surface area (Å²) >= 11 is 0. The van der Waals surface area contributed by atoms with Gasteiger partial charge in [-0.1, -0.05) is 0 Å². The number of nitrogens with one attached hydrogen (secondary N) is 4. The monoisotopic (exact) mass is 588 g/mol. The molecule has 0 aromatic carbocycles. The summed E-state index contributed by atoms with van der Waals surface area (Å²) in [6, 6.07) is 0. The third kappa shape index (κ3) is 23.8. The Bertz CT molecular complexity index is 792. The van der Waals surface area contributed by atoms with Crippen LogP contribution in [0, 0.1) is 0 Å². The topological polar surface area (TPSA) is 201 Å². The Hall–Kier alpha value is -3.34. The van der Waals surface area contributed by atoms with Gasteiger partial charge in [0.25, 0.3) is 11.8 Å². The minimum absolute atomic E-state index is 0.0488. The molecule has 6 N–H and O–H groups in total. The molecule has 0 heterocycles. The van der Waals surface area contributed by atoms with E-state index < -0.39 is 35.5 Å². The minimum atomic E-state index is -5.19. The fourth-order valence-corrected chi connectivity index (χ4v) is 2.69. The Balaban J connectivity index is 0. The number of carboxylic acids is 1. The van der Waals surface area contributed by atoms with Gasteiger partial charge in [0.15, 0.2) is 13.1 Å². The lowest BCUT2D eigenvalue weighted by molar-refractivity contribution is -0.892. The molecule has 0 saturated carbocycles. The fourth-order valence-electron chi connectivity index (χ4n) is 2.69. The van der Waals surface area contributed by atoms with Gasteiger partial charge in [-0.05, 0) is 41.5 Å². The molecule has 0 bridgehead atoms. The van der Waals surface area contributed by atoms with E-state index in [0.717, 1.165) is 0 Å². The largest absolute Gasteiger partial charge is 0.542 e. The predicted molar refractivity (Wildman–Crippen MR) is 135 cm³/mol. The summed E-state index contributed by atoms with van der Waals surface area (Å²) in [5, 5.41) is 19.3. The van der Waals surface area contributed by atoms with Crippen LogP contribution in [0.4, 0.5) is 22.8 Å². The molecule has 0 aliphatic rings. The van der Waals surface area contributed by atoms with Crippen molar-refractivity contribution in [1.82, 2.24) is 21.3 Å². The molecule has 14 nitrogen and oxygen atoms in total. The SMILES string of the molecule is CC(C)(C)OC(=O)NCCNC(=O)C[N+](C)(CCN)CC(=O)NCCNC(=O)OC(C)(C)C.O=C([O-])C(F)(F)F. The van der Waals surface area contributed by atoms with Gasteiger partial charge in [-0.2, -0.15) is 13.2 Å². The molecule has 0 radical (unpaired) electrons. The number of hydrogen-bond donors (Lipinski definition) is 5. The Morgan fingerprint density at radius 3 is 1.27 bits per heavy atom. The highest BCUT2D eigenvalue weighted by Crippen LogP contribution is 2.11. The van der Waals surface area contributed by atoms with E-state index in [4.69, 9.17) is 25.1 Å². The molecule has 0 aliphatic heterocycles. The summed E-state index contributed by atoms with van der Waals surface area (Å²) in [5.74, 6) is -3.54. The Morgan fingerprint density at radius 2 is 1.02 bits per heavy atom. The molecule has 0 atom stereocenters. The van der Waals surface area contributed by atoms with Gasteiger partial charge >= 0.3 is 18.4 Å². The Morgan fingerprint density at radius 1 is 0.725 bits per heavy atom. The number of carbonyl (C=O) groups is 5. The number of ether oxygens (including phenoxy) is 2. The first-order chi connectivity index (χ1) is 18.0. The van der Waals surface area contributed by atoms with Crippen molar-refractivity contribution in [2.75, 3.05) is 59.4 Å². The van der Waals surface area contributed by atoms with Crippen molar-refractivity contribution in [1.29, 1.82) is 0 Å². The van der Waals surface area contributed by atoms with E-state index in [1.54, 1.807) is 48.6 Å². The fraction of sp³-hybridized carbons (Fsp3) is 0.783. The second kappa shape index (κ2) is 17.4. The third-order valence-electron chi connectivity index (χ3n) is 4.18. The van der Waals surface area contributed by atoms with Crippen LogP contribution in [0.15, 0.2) is 0 Å². The highest BCUT2D eigenvalue weighted by Gasteiger charge is 2.29. The predicted octanol–water partition coefficient (Wildman–Crippen LogP) is -1.03. The lowest BCUT2D eigenvalue weighted by atomic mass is 10.2. The van der Waals surface area contributed by atoms with Crippen LogP contribution < -0.4 is 32.1 Å². The van der Waals surface area contributed by atoms with E-state index in [9.17, 15) is 32.3 Å². The highest BCUT2D eigenvalue weighted by atomic mass is 19.4. The van der Waals surface area contributed by atoms with Crippen molar-refractivity contribution in [3.63, 3.8) is 0 Å². The second-order valence-corrected chi connectivity index (χ2v) is 10.8. The van der Waals surface area contributed by atoms with Crippen molar-refractivity contribution in [2.24, 2.45) is 5.73 Å². The van der Waals surface area contributed by atoms with Gasteiger partial charge in [0.2, 0.25) is 0 Å². The molecule has 0 unspecified atom stereocenters. The Kier molecular flexibility index (Phi) is 16.9. The third-order valence-corrected chi connectivity index (χ3v) is 4.18. The highest BCUT2D eigenvalue weighted by molar-refractivity contribution is 5.79. The van der Waals surface area contributed by atoms with Gasteiger partial charge in [0.1, 0.15) is 17.2 Å². The molecule has 0 fully saturated rings. The summed E-state index contributed by atoms with van der Waals surface area (Å²) in [4.78, 5) is 56.7. The van der Waals surface area contributed by atoms with Crippen molar-refractivity contribution in [3.05, 3.63) is 0 Å². The number of alkyl halides is 3. The number of hydrogen-bond acceptors (Lipinski definition) is 9. The molecule has 0 spiro atoms. The first kappa shape index (κ1) is 38.8. The van der Waals surface area contributed by atoms with E-state index in [1.807, 2.05) is 0 Å². The summed E-state index contributed by atoms with van der Waals surface area (Å²) in [7, 11) is 1.77. The molecule has 0 aromatic heterocycles. The van der Waals surface area contributed by atoms with Crippen molar-refractivity contribution >= 4 is 30.0 Å². The molecule has 4 amide bonds. The molecule has 0 saturated heterocycles. The average Bonchev–Trinajstić information content (AvgIpc) is 2.71. The number of carboxylic acid groups (broad SMARTS) is 1. The van der Waals surface area contributed by atoms with E-state index in [2.05, 4.69) is 21.3 Å². The van der Waals surface area contributed by atoms with Crippen LogP contribution in [0.5, 0.6) is 0 Å². The lowest BCUT2D eigenvalue weighted by Crippen LogP contribution is -2.57. The van der Waals surface area contributed by atoms with Gasteiger partial charge in [-0.3, -0.25) is 9.59 Å². The van der Waals surface area contributed by atoms with Crippen LogP contribution in [0.3, 0.4) is 0 Å². The smallest absolute Gasteiger partial charge is 0.430 e. The first-order valence-electron chi connectivity index (χ1n) is 12.3. The molecule has 0 aromatic rings. The Labute approximate surface area is 232 Å². The molecular formula is C23H43F3N6O8. The number of quaternary nitrogens is 1. The summed E-state index contributed by atoms with van der Waals surface area (Å²) in [5.41, 5.74) is 4.48. The quantitative estimate of drug-likeness (QED) is 0.140. The minimum Gasteiger partial charge on any atom is -0.542 e. The normalized spacial score (nSPS) is 11.8. The number of nitrogens with two attached hydrogens (primary N) is 1. The lowest BCUT2D eigenvalue weighted by Gasteiger charge is -2.32. The number of alkyl carbamates (subject to hydrolysis) is 2. The van der Waals surface area contributed by atoms with E-state index >= 15 is 0 Å². The molecular weight excluding hydrogens is 545 g/mol. The maximum atomic E-state index is 12.3. The number of nitrogens with zero attached hydrogens (tertiary/aromatic N) is 1. The maximum absolute atomic E-state index is 12.3. The van der Waals surface area contributed by atoms with Crippen LogP contribution in [0.2, 0.25) is 0 Å². The number of rotatable bonds is 12. The number of likely N-dealkylation sites (N-methyl/N-ethyl adjacent to an activating group) is 1. The van der Waals surface area contributed by atoms with Crippen LogP contribution in [0.25, 0.3) is 0 Å². The van der Waals surface area contributed by atoms with Crippen molar-refractivity contribution < 1.29 is 56.2 Å².